The molecule has 98 valence electrons. The summed E-state index contributed by atoms with van der Waals surface area (Å²) in [5.41, 5.74) is 1.18. The highest BCUT2D eigenvalue weighted by atomic mass is 19.1. The zero-order valence-corrected chi connectivity index (χ0v) is 11.4. The predicted octanol–water partition coefficient (Wildman–Crippen LogP) is 2.16. The lowest BCUT2D eigenvalue weighted by Gasteiger charge is -2.22. The van der Waals surface area contributed by atoms with E-state index in [9.17, 15) is 4.39 Å². The van der Waals surface area contributed by atoms with Crippen molar-refractivity contribution in [3.8, 4) is 0 Å². The summed E-state index contributed by atoms with van der Waals surface area (Å²) in [7, 11) is 7.98. The second kappa shape index (κ2) is 4.96. The zero-order chi connectivity index (χ0) is 13.3. The van der Waals surface area contributed by atoms with Gasteiger partial charge in [0.15, 0.2) is 5.96 Å². The van der Waals surface area contributed by atoms with E-state index in [0.29, 0.717) is 12.0 Å². The maximum atomic E-state index is 12.8. The molecule has 1 saturated carbocycles. The van der Waals surface area contributed by atoms with Crippen molar-refractivity contribution in [2.45, 2.75) is 18.4 Å². The lowest BCUT2D eigenvalue weighted by Crippen LogP contribution is -2.35. The molecular formula is C14H20FN3. The van der Waals surface area contributed by atoms with Gasteiger partial charge in [0.05, 0.1) is 6.04 Å². The number of hydrogen-bond donors (Lipinski definition) is 0. The van der Waals surface area contributed by atoms with E-state index in [0.717, 1.165) is 12.4 Å². The Kier molecular flexibility index (Phi) is 3.55. The molecular weight excluding hydrogens is 229 g/mol. The summed E-state index contributed by atoms with van der Waals surface area (Å²) >= 11 is 0. The van der Waals surface area contributed by atoms with E-state index in [-0.39, 0.29) is 5.82 Å². The average molecular weight is 249 g/mol. The maximum Gasteiger partial charge on any atom is 0.195 e. The molecule has 0 saturated heterocycles. The van der Waals surface area contributed by atoms with Gasteiger partial charge in [0.25, 0.3) is 0 Å². The lowest BCUT2D eigenvalue weighted by atomic mass is 10.1. The Morgan fingerprint density at radius 3 is 2.17 bits per heavy atom. The first-order valence-corrected chi connectivity index (χ1v) is 6.17. The highest BCUT2D eigenvalue weighted by Crippen LogP contribution is 2.43. The molecule has 1 aromatic rings. The van der Waals surface area contributed by atoms with Crippen LogP contribution in [0.5, 0.6) is 0 Å². The minimum absolute atomic E-state index is 0.179. The van der Waals surface area contributed by atoms with Gasteiger partial charge in [-0.3, -0.25) is 0 Å². The quantitative estimate of drug-likeness (QED) is 0.591. The van der Waals surface area contributed by atoms with E-state index in [1.54, 1.807) is 0 Å². The van der Waals surface area contributed by atoms with Gasteiger partial charge in [0, 0.05) is 34.1 Å². The monoisotopic (exact) mass is 249 g/mol. The van der Waals surface area contributed by atoms with Crippen molar-refractivity contribution >= 4 is 5.96 Å². The van der Waals surface area contributed by atoms with Crippen LogP contribution < -0.4 is 0 Å². The molecule has 1 fully saturated rings. The largest absolute Gasteiger partial charge is 0.349 e. The molecule has 0 unspecified atom stereocenters. The average Bonchev–Trinajstić information content (AvgIpc) is 3.05. The molecule has 0 aromatic heterocycles. The highest BCUT2D eigenvalue weighted by molar-refractivity contribution is 5.79. The van der Waals surface area contributed by atoms with Gasteiger partial charge in [-0.25, -0.2) is 9.38 Å². The Labute approximate surface area is 108 Å². The molecule has 0 N–H and O–H groups in total. The van der Waals surface area contributed by atoms with Crippen molar-refractivity contribution in [1.82, 2.24) is 9.80 Å². The van der Waals surface area contributed by atoms with Gasteiger partial charge in [-0.05, 0) is 24.1 Å². The van der Waals surface area contributed by atoms with Gasteiger partial charge in [0.2, 0.25) is 0 Å². The van der Waals surface area contributed by atoms with Crippen molar-refractivity contribution in [1.29, 1.82) is 0 Å². The molecule has 2 atom stereocenters. The molecule has 1 aliphatic rings. The molecule has 1 aliphatic carbocycles. The Balaban J connectivity index is 2.07. The van der Waals surface area contributed by atoms with Crippen LogP contribution in [-0.4, -0.2) is 50.0 Å². The molecule has 3 nitrogen and oxygen atoms in total. The number of aliphatic imine (C=N–C) groups is 1. The second-order valence-corrected chi connectivity index (χ2v) is 5.18. The summed E-state index contributed by atoms with van der Waals surface area (Å²) < 4.78 is 12.8. The van der Waals surface area contributed by atoms with E-state index in [1.807, 2.05) is 50.1 Å². The van der Waals surface area contributed by atoms with Crippen molar-refractivity contribution in [3.05, 3.63) is 35.6 Å². The number of benzene rings is 1. The van der Waals surface area contributed by atoms with E-state index in [4.69, 9.17) is 4.99 Å². The standard InChI is InChI=1S/C14H20FN3/c1-17(2)14(18(3)4)16-13-9-12(13)10-5-7-11(15)8-6-10/h5-8,12-13H,9H2,1-4H3/t12-,13+/m0/s1. The molecule has 4 heteroatoms. The van der Waals surface area contributed by atoms with E-state index in [2.05, 4.69) is 0 Å². The number of rotatable bonds is 2. The first-order valence-electron chi connectivity index (χ1n) is 6.17. The van der Waals surface area contributed by atoms with E-state index in [1.165, 1.54) is 17.7 Å². The van der Waals surface area contributed by atoms with Crippen LogP contribution in [0.15, 0.2) is 29.3 Å². The Hall–Kier alpha value is -1.58. The molecule has 0 heterocycles. The smallest absolute Gasteiger partial charge is 0.195 e. The van der Waals surface area contributed by atoms with Gasteiger partial charge >= 0.3 is 0 Å². The van der Waals surface area contributed by atoms with Gasteiger partial charge in [-0.2, -0.15) is 0 Å². The normalized spacial score (nSPS) is 21.4. The van der Waals surface area contributed by atoms with Crippen LogP contribution in [0.1, 0.15) is 17.9 Å². The zero-order valence-electron chi connectivity index (χ0n) is 11.4. The van der Waals surface area contributed by atoms with E-state index < -0.39 is 0 Å². The van der Waals surface area contributed by atoms with Crippen LogP contribution in [-0.2, 0) is 0 Å². The molecule has 0 spiro atoms. The van der Waals surface area contributed by atoms with Gasteiger partial charge in [-0.15, -0.1) is 0 Å². The van der Waals surface area contributed by atoms with Crippen LogP contribution in [0.4, 0.5) is 4.39 Å². The van der Waals surface area contributed by atoms with Crippen molar-refractivity contribution in [3.63, 3.8) is 0 Å². The molecule has 0 amide bonds. The first kappa shape index (κ1) is 12.9. The van der Waals surface area contributed by atoms with Crippen LogP contribution >= 0.6 is 0 Å². The Morgan fingerprint density at radius 1 is 1.11 bits per heavy atom. The third-order valence-corrected chi connectivity index (χ3v) is 3.14. The summed E-state index contributed by atoms with van der Waals surface area (Å²) in [6, 6.07) is 7.09. The number of guanidine groups is 1. The molecule has 0 radical (unpaired) electrons. The highest BCUT2D eigenvalue weighted by Gasteiger charge is 2.39. The number of hydrogen-bond acceptors (Lipinski definition) is 1. The minimum atomic E-state index is -0.179. The molecule has 1 aromatic carbocycles. The lowest BCUT2D eigenvalue weighted by molar-refractivity contribution is 0.479. The molecule has 18 heavy (non-hydrogen) atoms. The fourth-order valence-corrected chi connectivity index (χ4v) is 2.17. The third kappa shape index (κ3) is 2.81. The van der Waals surface area contributed by atoms with Crippen LogP contribution in [0.3, 0.4) is 0 Å². The molecule has 0 aliphatic heterocycles. The number of halogens is 1. The fourth-order valence-electron chi connectivity index (χ4n) is 2.17. The Morgan fingerprint density at radius 2 is 1.67 bits per heavy atom. The summed E-state index contributed by atoms with van der Waals surface area (Å²) in [4.78, 5) is 8.77. The van der Waals surface area contributed by atoms with Gasteiger partial charge < -0.3 is 9.80 Å². The molecule has 2 rings (SSSR count). The van der Waals surface area contributed by atoms with Crippen molar-refractivity contribution < 1.29 is 4.39 Å². The topological polar surface area (TPSA) is 18.8 Å². The van der Waals surface area contributed by atoms with Crippen LogP contribution in [0, 0.1) is 5.82 Å². The predicted molar refractivity (Wildman–Crippen MR) is 72.4 cm³/mol. The van der Waals surface area contributed by atoms with Crippen LogP contribution in [0.25, 0.3) is 0 Å². The van der Waals surface area contributed by atoms with Gasteiger partial charge in [-0.1, -0.05) is 12.1 Å². The fraction of sp³-hybridized carbons (Fsp3) is 0.500. The van der Waals surface area contributed by atoms with Crippen LogP contribution in [0.2, 0.25) is 0 Å². The Bertz CT molecular complexity index is 427. The third-order valence-electron chi connectivity index (χ3n) is 3.14. The minimum Gasteiger partial charge on any atom is -0.349 e. The molecule has 0 bridgehead atoms. The summed E-state index contributed by atoms with van der Waals surface area (Å²) in [5.74, 6) is 1.24. The summed E-state index contributed by atoms with van der Waals surface area (Å²) in [6.45, 7) is 0. The van der Waals surface area contributed by atoms with E-state index >= 15 is 0 Å². The first-order chi connectivity index (χ1) is 8.49. The SMILES string of the molecule is CN(C)C(=N[C@@H]1C[C@H]1c1ccc(F)cc1)N(C)C. The van der Waals surface area contributed by atoms with Crippen molar-refractivity contribution in [2.24, 2.45) is 4.99 Å². The summed E-state index contributed by atoms with van der Waals surface area (Å²) in [6.07, 6.45) is 1.05. The number of nitrogens with zero attached hydrogens (tertiary/aromatic N) is 3. The second-order valence-electron chi connectivity index (χ2n) is 5.18. The van der Waals surface area contributed by atoms with Crippen molar-refractivity contribution in [2.75, 3.05) is 28.2 Å². The maximum absolute atomic E-state index is 12.8. The summed E-state index contributed by atoms with van der Waals surface area (Å²) in [5, 5.41) is 0. The van der Waals surface area contributed by atoms with Gasteiger partial charge in [0.1, 0.15) is 5.82 Å².